The maximum absolute atomic E-state index is 11.5. The molecule has 0 spiro atoms. The summed E-state index contributed by atoms with van der Waals surface area (Å²) in [6.45, 7) is 1.79. The summed E-state index contributed by atoms with van der Waals surface area (Å²) >= 11 is 0. The summed E-state index contributed by atoms with van der Waals surface area (Å²) < 4.78 is 6.38. The first kappa shape index (κ1) is 14.5. The van der Waals surface area contributed by atoms with Crippen molar-refractivity contribution in [1.82, 2.24) is 30.6 Å². The number of nitrogens with zero attached hydrogens (tertiary/aromatic N) is 4. The van der Waals surface area contributed by atoms with Gasteiger partial charge in [-0.25, -0.2) is 14.5 Å². The fourth-order valence-electron chi connectivity index (χ4n) is 1.51. The third kappa shape index (κ3) is 4.60. The van der Waals surface area contributed by atoms with Gasteiger partial charge < -0.3 is 20.2 Å². The molecule has 0 aliphatic carbocycles. The Bertz CT molecular complexity index is 634. The van der Waals surface area contributed by atoms with Crippen molar-refractivity contribution in [2.75, 3.05) is 0 Å². The summed E-state index contributed by atoms with van der Waals surface area (Å²) in [4.78, 5) is 26.0. The summed E-state index contributed by atoms with van der Waals surface area (Å²) in [6, 6.07) is -0.418. The van der Waals surface area contributed by atoms with Gasteiger partial charge in [0.15, 0.2) is 0 Å². The zero-order valence-corrected chi connectivity index (χ0v) is 11.2. The number of nitrogens with one attached hydrogen (secondary N) is 2. The van der Waals surface area contributed by atoms with Crippen LogP contribution in [0, 0.1) is 6.92 Å². The van der Waals surface area contributed by atoms with Crippen molar-refractivity contribution < 1.29 is 19.1 Å². The lowest BCUT2D eigenvalue weighted by Crippen LogP contribution is -2.34. The minimum atomic E-state index is -1.02. The van der Waals surface area contributed by atoms with Gasteiger partial charge in [-0.2, -0.15) is 0 Å². The fraction of sp³-hybridized carbons (Fsp3) is 0.364. The van der Waals surface area contributed by atoms with E-state index in [0.717, 1.165) is 0 Å². The van der Waals surface area contributed by atoms with Crippen LogP contribution in [0.4, 0.5) is 4.79 Å². The molecule has 2 heterocycles. The van der Waals surface area contributed by atoms with Gasteiger partial charge in [0.1, 0.15) is 18.0 Å². The first-order valence-electron chi connectivity index (χ1n) is 6.07. The van der Waals surface area contributed by atoms with E-state index in [-0.39, 0.29) is 19.6 Å². The number of oxazole rings is 1. The molecule has 0 unspecified atom stereocenters. The number of amides is 2. The molecule has 0 fully saturated rings. The number of rotatable bonds is 6. The lowest BCUT2D eigenvalue weighted by atomic mass is 10.4. The van der Waals surface area contributed by atoms with Gasteiger partial charge in [-0.1, -0.05) is 5.21 Å². The number of aromatic nitrogens is 4. The van der Waals surface area contributed by atoms with E-state index in [4.69, 9.17) is 9.52 Å². The van der Waals surface area contributed by atoms with Gasteiger partial charge in [-0.05, 0) is 6.92 Å². The number of carboxylic acids is 1. The highest BCUT2D eigenvalue weighted by Gasteiger charge is 2.07. The molecule has 2 amide bonds. The zero-order valence-electron chi connectivity index (χ0n) is 11.2. The first-order chi connectivity index (χ1) is 10.0. The molecule has 0 atom stereocenters. The van der Waals surface area contributed by atoms with Gasteiger partial charge in [0.05, 0.1) is 25.5 Å². The van der Waals surface area contributed by atoms with Crippen molar-refractivity contribution in [3.63, 3.8) is 0 Å². The Labute approximate surface area is 119 Å². The van der Waals surface area contributed by atoms with Crippen LogP contribution in [0.2, 0.25) is 0 Å². The smallest absolute Gasteiger partial charge is 0.325 e. The molecular weight excluding hydrogens is 280 g/mol. The SMILES string of the molecule is Cc1cnc(CNC(=O)NCc2cn(CC(=O)O)nn2)o1. The van der Waals surface area contributed by atoms with Crippen LogP contribution < -0.4 is 10.6 Å². The highest BCUT2D eigenvalue weighted by atomic mass is 16.4. The van der Waals surface area contributed by atoms with E-state index in [1.807, 2.05) is 0 Å². The second kappa shape index (κ2) is 6.50. The second-order valence-electron chi connectivity index (χ2n) is 4.20. The Morgan fingerprint density at radius 3 is 2.81 bits per heavy atom. The molecule has 0 aromatic carbocycles. The summed E-state index contributed by atoms with van der Waals surface area (Å²) in [7, 11) is 0. The van der Waals surface area contributed by atoms with Crippen LogP contribution >= 0.6 is 0 Å². The zero-order chi connectivity index (χ0) is 15.2. The number of urea groups is 1. The molecule has 0 bridgehead atoms. The van der Waals surface area contributed by atoms with Crippen molar-refractivity contribution in [1.29, 1.82) is 0 Å². The molecule has 10 heteroatoms. The molecule has 0 aliphatic heterocycles. The van der Waals surface area contributed by atoms with Crippen LogP contribution in [0.3, 0.4) is 0 Å². The second-order valence-corrected chi connectivity index (χ2v) is 4.20. The standard InChI is InChI=1S/C11H14N6O4/c1-7-2-12-9(21-7)4-14-11(20)13-3-8-5-17(16-15-8)6-10(18)19/h2,5H,3-4,6H2,1H3,(H,18,19)(H2,13,14,20). The van der Waals surface area contributed by atoms with E-state index < -0.39 is 12.0 Å². The monoisotopic (exact) mass is 294 g/mol. The van der Waals surface area contributed by atoms with Gasteiger partial charge in [-0.3, -0.25) is 4.79 Å². The van der Waals surface area contributed by atoms with Gasteiger partial charge in [0, 0.05) is 0 Å². The van der Waals surface area contributed by atoms with Gasteiger partial charge in [-0.15, -0.1) is 5.10 Å². The van der Waals surface area contributed by atoms with Gasteiger partial charge >= 0.3 is 12.0 Å². The number of aliphatic carboxylic acids is 1. The largest absolute Gasteiger partial charge is 0.480 e. The molecule has 2 aromatic heterocycles. The molecule has 0 saturated carbocycles. The normalized spacial score (nSPS) is 10.3. The van der Waals surface area contributed by atoms with Crippen LogP contribution in [0.15, 0.2) is 16.8 Å². The van der Waals surface area contributed by atoms with E-state index in [9.17, 15) is 9.59 Å². The quantitative estimate of drug-likeness (QED) is 0.663. The molecule has 0 radical (unpaired) electrons. The van der Waals surface area contributed by atoms with E-state index in [1.54, 1.807) is 13.1 Å². The molecular formula is C11H14N6O4. The summed E-state index contributed by atoms with van der Waals surface area (Å²) in [6.07, 6.45) is 3.02. The molecule has 3 N–H and O–H groups in total. The third-order valence-electron chi connectivity index (χ3n) is 2.38. The Hall–Kier alpha value is -2.91. The number of aryl methyl sites for hydroxylation is 1. The predicted octanol–water partition coefficient (Wildman–Crippen LogP) is -0.341. The minimum Gasteiger partial charge on any atom is -0.480 e. The summed E-state index contributed by atoms with van der Waals surface area (Å²) in [5.41, 5.74) is 0.457. The molecule has 0 aliphatic rings. The van der Waals surface area contributed by atoms with Crippen LogP contribution in [-0.2, 0) is 24.4 Å². The van der Waals surface area contributed by atoms with Crippen LogP contribution in [0.25, 0.3) is 0 Å². The number of carbonyl (C=O) groups is 2. The van der Waals surface area contributed by atoms with Gasteiger partial charge in [0.25, 0.3) is 0 Å². The van der Waals surface area contributed by atoms with Crippen LogP contribution in [0.1, 0.15) is 17.3 Å². The molecule has 112 valence electrons. The highest BCUT2D eigenvalue weighted by molar-refractivity contribution is 5.73. The summed E-state index contributed by atoms with van der Waals surface area (Å²) in [5.74, 6) is 0.0655. The third-order valence-corrected chi connectivity index (χ3v) is 2.38. The Morgan fingerprint density at radius 2 is 2.14 bits per heavy atom. The van der Waals surface area contributed by atoms with E-state index in [1.165, 1.54) is 10.9 Å². The van der Waals surface area contributed by atoms with Crippen LogP contribution in [-0.4, -0.2) is 37.1 Å². The summed E-state index contributed by atoms with van der Waals surface area (Å²) in [5, 5.41) is 21.1. The Balaban J connectivity index is 1.73. The fourth-order valence-corrected chi connectivity index (χ4v) is 1.51. The van der Waals surface area contributed by atoms with Gasteiger partial charge in [0.2, 0.25) is 5.89 Å². The topological polar surface area (TPSA) is 135 Å². The Kier molecular flexibility index (Phi) is 4.49. The minimum absolute atomic E-state index is 0.135. The van der Waals surface area contributed by atoms with E-state index >= 15 is 0 Å². The van der Waals surface area contributed by atoms with Crippen molar-refractivity contribution in [3.8, 4) is 0 Å². The van der Waals surface area contributed by atoms with Crippen molar-refractivity contribution >= 4 is 12.0 Å². The lowest BCUT2D eigenvalue weighted by Gasteiger charge is -2.03. The van der Waals surface area contributed by atoms with Crippen molar-refractivity contribution in [2.24, 2.45) is 0 Å². The van der Waals surface area contributed by atoms with E-state index in [2.05, 4.69) is 25.9 Å². The van der Waals surface area contributed by atoms with E-state index in [0.29, 0.717) is 17.3 Å². The molecule has 10 nitrogen and oxygen atoms in total. The average Bonchev–Trinajstić information content (AvgIpc) is 3.02. The maximum atomic E-state index is 11.5. The number of carboxylic acid groups (broad SMARTS) is 1. The molecule has 21 heavy (non-hydrogen) atoms. The number of carbonyl (C=O) groups excluding carboxylic acids is 1. The predicted molar refractivity (Wildman–Crippen MR) is 68.0 cm³/mol. The van der Waals surface area contributed by atoms with Crippen molar-refractivity contribution in [2.45, 2.75) is 26.6 Å². The molecule has 2 aromatic rings. The lowest BCUT2D eigenvalue weighted by molar-refractivity contribution is -0.137. The van der Waals surface area contributed by atoms with Crippen LogP contribution in [0.5, 0.6) is 0 Å². The van der Waals surface area contributed by atoms with Crippen molar-refractivity contribution in [3.05, 3.63) is 29.7 Å². The average molecular weight is 294 g/mol. The number of hydrogen-bond donors (Lipinski definition) is 3. The molecule has 0 saturated heterocycles. The number of hydrogen-bond acceptors (Lipinski definition) is 6. The Morgan fingerprint density at radius 1 is 1.38 bits per heavy atom. The maximum Gasteiger partial charge on any atom is 0.325 e. The first-order valence-corrected chi connectivity index (χ1v) is 6.07. The molecule has 2 rings (SSSR count). The highest BCUT2D eigenvalue weighted by Crippen LogP contribution is 2.00.